The number of ether oxygens (including phenoxy) is 1. The summed E-state index contributed by atoms with van der Waals surface area (Å²) in [5, 5.41) is 9.27. The van der Waals surface area contributed by atoms with Crippen molar-refractivity contribution in [2.45, 2.75) is 0 Å². The smallest absolute Gasteiger partial charge is 0.360 e. The highest BCUT2D eigenvalue weighted by Gasteiger charge is 2.21. The number of benzene rings is 2. The van der Waals surface area contributed by atoms with E-state index in [2.05, 4.69) is 10.2 Å². The van der Waals surface area contributed by atoms with E-state index in [0.717, 1.165) is 5.56 Å². The molecule has 3 rings (SSSR count). The van der Waals surface area contributed by atoms with Crippen LogP contribution in [-0.2, 0) is 4.74 Å². The highest BCUT2D eigenvalue weighted by molar-refractivity contribution is 6.30. The predicted molar refractivity (Wildman–Crippen MR) is 83.1 cm³/mol. The summed E-state index contributed by atoms with van der Waals surface area (Å²) in [4.78, 5) is 13.3. The molecule has 5 nitrogen and oxygen atoms in total. The van der Waals surface area contributed by atoms with E-state index in [1.54, 1.807) is 24.3 Å². The van der Waals surface area contributed by atoms with Crippen molar-refractivity contribution >= 4 is 17.6 Å². The van der Waals surface area contributed by atoms with Crippen LogP contribution in [-0.4, -0.2) is 28.1 Å². The lowest BCUT2D eigenvalue weighted by Gasteiger charge is -1.98. The van der Waals surface area contributed by atoms with Crippen molar-refractivity contribution in [1.29, 1.82) is 0 Å². The monoisotopic (exact) mass is 313 g/mol. The summed E-state index contributed by atoms with van der Waals surface area (Å²) >= 11 is 5.88. The SMILES string of the molecule is COC(=O)c1nn(-c2ccc(Cl)cc2)nc1-c1ccccc1. The third-order valence-electron chi connectivity index (χ3n) is 3.10. The molecule has 0 N–H and O–H groups in total. The first kappa shape index (κ1) is 14.3. The number of methoxy groups -OCH3 is 1. The Morgan fingerprint density at radius 1 is 1.05 bits per heavy atom. The van der Waals surface area contributed by atoms with E-state index in [1.165, 1.54) is 11.9 Å². The summed E-state index contributed by atoms with van der Waals surface area (Å²) < 4.78 is 4.79. The van der Waals surface area contributed by atoms with Crippen LogP contribution < -0.4 is 0 Å². The Balaban J connectivity index is 2.13. The van der Waals surface area contributed by atoms with E-state index in [-0.39, 0.29) is 5.69 Å². The quantitative estimate of drug-likeness (QED) is 0.696. The number of carbonyl (C=O) groups is 1. The zero-order valence-electron chi connectivity index (χ0n) is 11.7. The highest BCUT2D eigenvalue weighted by Crippen LogP contribution is 2.22. The van der Waals surface area contributed by atoms with Crippen LogP contribution in [0.1, 0.15) is 10.5 Å². The zero-order chi connectivity index (χ0) is 15.5. The van der Waals surface area contributed by atoms with Gasteiger partial charge >= 0.3 is 5.97 Å². The van der Waals surface area contributed by atoms with Crippen LogP contribution in [0.25, 0.3) is 16.9 Å². The van der Waals surface area contributed by atoms with Gasteiger partial charge in [0.2, 0.25) is 0 Å². The number of hydrogen-bond donors (Lipinski definition) is 0. The van der Waals surface area contributed by atoms with Crippen molar-refractivity contribution in [2.75, 3.05) is 7.11 Å². The van der Waals surface area contributed by atoms with Gasteiger partial charge in [-0.1, -0.05) is 41.9 Å². The Kier molecular flexibility index (Phi) is 3.89. The average Bonchev–Trinajstić information content (AvgIpc) is 3.01. The summed E-state index contributed by atoms with van der Waals surface area (Å²) in [7, 11) is 1.32. The summed E-state index contributed by atoms with van der Waals surface area (Å²) in [6.07, 6.45) is 0. The average molecular weight is 314 g/mol. The fourth-order valence-corrected chi connectivity index (χ4v) is 2.15. The maximum absolute atomic E-state index is 11.9. The lowest BCUT2D eigenvalue weighted by atomic mass is 10.1. The van der Waals surface area contributed by atoms with E-state index in [9.17, 15) is 4.79 Å². The molecule has 0 aliphatic rings. The van der Waals surface area contributed by atoms with Crippen molar-refractivity contribution in [3.8, 4) is 16.9 Å². The zero-order valence-corrected chi connectivity index (χ0v) is 12.5. The minimum atomic E-state index is -0.529. The molecule has 0 unspecified atom stereocenters. The summed E-state index contributed by atoms with van der Waals surface area (Å²) in [5.41, 5.74) is 2.14. The van der Waals surface area contributed by atoms with E-state index in [1.807, 2.05) is 30.3 Å². The predicted octanol–water partition coefficient (Wildman–Crippen LogP) is 3.37. The van der Waals surface area contributed by atoms with Gasteiger partial charge in [-0.15, -0.1) is 10.2 Å². The van der Waals surface area contributed by atoms with Crippen LogP contribution in [0.2, 0.25) is 5.02 Å². The number of rotatable bonds is 3. The van der Waals surface area contributed by atoms with Crippen molar-refractivity contribution in [3.05, 3.63) is 65.3 Å². The first-order valence-electron chi connectivity index (χ1n) is 6.56. The molecule has 0 aliphatic carbocycles. The third kappa shape index (κ3) is 2.71. The largest absolute Gasteiger partial charge is 0.464 e. The molecular formula is C16H12ClN3O2. The first-order valence-corrected chi connectivity index (χ1v) is 6.94. The van der Waals surface area contributed by atoms with E-state index in [0.29, 0.717) is 16.4 Å². The molecule has 0 saturated carbocycles. The second-order valence-corrected chi connectivity index (χ2v) is 4.96. The van der Waals surface area contributed by atoms with E-state index < -0.39 is 5.97 Å². The van der Waals surface area contributed by atoms with Gasteiger partial charge in [-0.05, 0) is 24.3 Å². The molecule has 22 heavy (non-hydrogen) atoms. The molecule has 0 atom stereocenters. The highest BCUT2D eigenvalue weighted by atomic mass is 35.5. The van der Waals surface area contributed by atoms with Crippen LogP contribution in [0, 0.1) is 0 Å². The Bertz CT molecular complexity index is 798. The number of carbonyl (C=O) groups excluding carboxylic acids is 1. The third-order valence-corrected chi connectivity index (χ3v) is 3.35. The van der Waals surface area contributed by atoms with Crippen LogP contribution in [0.15, 0.2) is 54.6 Å². The number of esters is 1. The second-order valence-electron chi connectivity index (χ2n) is 4.52. The van der Waals surface area contributed by atoms with Crippen LogP contribution in [0.3, 0.4) is 0 Å². The molecule has 3 aromatic rings. The molecule has 1 heterocycles. The molecule has 0 radical (unpaired) electrons. The molecular weight excluding hydrogens is 302 g/mol. The lowest BCUT2D eigenvalue weighted by molar-refractivity contribution is 0.0594. The Labute approximate surface area is 132 Å². The van der Waals surface area contributed by atoms with Crippen LogP contribution in [0.5, 0.6) is 0 Å². The van der Waals surface area contributed by atoms with E-state index in [4.69, 9.17) is 16.3 Å². The van der Waals surface area contributed by atoms with Gasteiger partial charge in [0.05, 0.1) is 12.8 Å². The maximum Gasteiger partial charge on any atom is 0.360 e. The molecule has 110 valence electrons. The van der Waals surface area contributed by atoms with Gasteiger partial charge in [0.1, 0.15) is 5.69 Å². The van der Waals surface area contributed by atoms with E-state index >= 15 is 0 Å². The Hall–Kier alpha value is -2.66. The van der Waals surface area contributed by atoms with Gasteiger partial charge in [0, 0.05) is 10.6 Å². The van der Waals surface area contributed by atoms with Crippen molar-refractivity contribution < 1.29 is 9.53 Å². The number of halogens is 1. The van der Waals surface area contributed by atoms with Gasteiger partial charge in [0.25, 0.3) is 0 Å². The minimum Gasteiger partial charge on any atom is -0.464 e. The summed E-state index contributed by atoms with van der Waals surface area (Å²) in [5.74, 6) is -0.529. The molecule has 0 amide bonds. The van der Waals surface area contributed by atoms with Crippen molar-refractivity contribution in [2.24, 2.45) is 0 Å². The fraction of sp³-hybridized carbons (Fsp3) is 0.0625. The van der Waals surface area contributed by atoms with Crippen molar-refractivity contribution in [3.63, 3.8) is 0 Å². The van der Waals surface area contributed by atoms with Gasteiger partial charge in [-0.3, -0.25) is 0 Å². The molecule has 6 heteroatoms. The lowest BCUT2D eigenvalue weighted by Crippen LogP contribution is -2.05. The second kappa shape index (κ2) is 5.99. The molecule has 0 saturated heterocycles. The molecule has 2 aromatic carbocycles. The van der Waals surface area contributed by atoms with Crippen LogP contribution >= 0.6 is 11.6 Å². The van der Waals surface area contributed by atoms with Gasteiger partial charge in [0.15, 0.2) is 5.69 Å². The molecule has 0 bridgehead atoms. The van der Waals surface area contributed by atoms with Gasteiger partial charge < -0.3 is 4.74 Å². The van der Waals surface area contributed by atoms with Gasteiger partial charge in [-0.25, -0.2) is 4.79 Å². The number of nitrogens with zero attached hydrogens (tertiary/aromatic N) is 3. The molecule has 0 spiro atoms. The number of aromatic nitrogens is 3. The summed E-state index contributed by atoms with van der Waals surface area (Å²) in [6, 6.07) is 16.4. The molecule has 0 fully saturated rings. The van der Waals surface area contributed by atoms with Crippen molar-refractivity contribution in [1.82, 2.24) is 15.0 Å². The molecule has 1 aromatic heterocycles. The maximum atomic E-state index is 11.9. The Morgan fingerprint density at radius 2 is 1.73 bits per heavy atom. The van der Waals surface area contributed by atoms with Crippen LogP contribution in [0.4, 0.5) is 0 Å². The first-order chi connectivity index (χ1) is 10.7. The minimum absolute atomic E-state index is 0.170. The fourth-order valence-electron chi connectivity index (χ4n) is 2.02. The number of hydrogen-bond acceptors (Lipinski definition) is 4. The normalized spacial score (nSPS) is 10.5. The summed E-state index contributed by atoms with van der Waals surface area (Å²) in [6.45, 7) is 0. The Morgan fingerprint density at radius 3 is 2.36 bits per heavy atom. The topological polar surface area (TPSA) is 57.0 Å². The van der Waals surface area contributed by atoms with Gasteiger partial charge in [-0.2, -0.15) is 4.80 Å². The molecule has 0 aliphatic heterocycles. The standard InChI is InChI=1S/C16H12ClN3O2/c1-22-16(21)15-14(11-5-3-2-4-6-11)18-20(19-15)13-9-7-12(17)8-10-13/h2-10H,1H3.